The van der Waals surface area contributed by atoms with E-state index in [4.69, 9.17) is 16.3 Å². The molecule has 1 unspecified atom stereocenters. The number of aromatic nitrogens is 1. The van der Waals surface area contributed by atoms with Crippen LogP contribution in [0.25, 0.3) is 21.8 Å². The van der Waals surface area contributed by atoms with E-state index in [9.17, 15) is 4.79 Å². The van der Waals surface area contributed by atoms with Crippen LogP contribution in [0.3, 0.4) is 0 Å². The molecule has 0 radical (unpaired) electrons. The molecule has 1 aliphatic rings. The number of halogens is 1. The molecule has 1 fully saturated rings. The Morgan fingerprint density at radius 3 is 2.51 bits per heavy atom. The summed E-state index contributed by atoms with van der Waals surface area (Å²) in [6.07, 6.45) is 2.00. The number of likely N-dealkylation sites (tertiary alicyclic amines) is 1. The van der Waals surface area contributed by atoms with Gasteiger partial charge in [0, 0.05) is 66.1 Å². The van der Waals surface area contributed by atoms with Gasteiger partial charge in [-0.2, -0.15) is 0 Å². The normalized spacial score (nSPS) is 15.7. The van der Waals surface area contributed by atoms with Crippen molar-refractivity contribution in [2.75, 3.05) is 33.7 Å². The van der Waals surface area contributed by atoms with Crippen molar-refractivity contribution in [1.82, 2.24) is 19.7 Å². The molecule has 1 aliphatic heterocycles. The van der Waals surface area contributed by atoms with E-state index in [1.807, 2.05) is 20.2 Å². The number of amides is 1. The fourth-order valence-electron chi connectivity index (χ4n) is 5.43. The second kappa shape index (κ2) is 12.0. The molecular formula is C32H39ClN4O2. The third kappa shape index (κ3) is 6.08. The van der Waals surface area contributed by atoms with E-state index < -0.39 is 0 Å². The summed E-state index contributed by atoms with van der Waals surface area (Å²) in [6.45, 7) is 8.70. The average Bonchev–Trinajstić information content (AvgIpc) is 3.26. The lowest BCUT2D eigenvalue weighted by molar-refractivity contribution is 0.0941. The molecule has 1 atom stereocenters. The summed E-state index contributed by atoms with van der Waals surface area (Å²) in [5, 5.41) is 6.11. The lowest BCUT2D eigenvalue weighted by atomic mass is 10.1. The average molecular weight is 547 g/mol. The quantitative estimate of drug-likeness (QED) is 0.272. The van der Waals surface area contributed by atoms with E-state index in [0.29, 0.717) is 22.9 Å². The number of fused-ring (bicyclic) bond motifs is 3. The van der Waals surface area contributed by atoms with E-state index in [0.717, 1.165) is 39.0 Å². The first-order valence-electron chi connectivity index (χ1n) is 14.0. The van der Waals surface area contributed by atoms with Gasteiger partial charge >= 0.3 is 0 Å². The fourth-order valence-corrected chi connectivity index (χ4v) is 5.65. The highest BCUT2D eigenvalue weighted by atomic mass is 35.5. The molecule has 1 aromatic heterocycles. The largest absolute Gasteiger partial charge is 0.489 e. The first-order chi connectivity index (χ1) is 18.8. The molecule has 3 aromatic carbocycles. The Labute approximate surface area is 236 Å². The molecule has 206 valence electrons. The molecular weight excluding hydrogens is 508 g/mol. The van der Waals surface area contributed by atoms with Crippen LogP contribution in [0.2, 0.25) is 5.02 Å². The summed E-state index contributed by atoms with van der Waals surface area (Å²) >= 11 is 6.52. The third-order valence-electron chi connectivity index (χ3n) is 8.02. The van der Waals surface area contributed by atoms with Gasteiger partial charge in [0.25, 0.3) is 5.91 Å². The number of para-hydroxylation sites is 1. The van der Waals surface area contributed by atoms with Crippen molar-refractivity contribution in [3.8, 4) is 5.75 Å². The lowest BCUT2D eigenvalue weighted by Crippen LogP contribution is -2.38. The number of rotatable bonds is 9. The van der Waals surface area contributed by atoms with E-state index in [1.165, 1.54) is 27.4 Å². The molecule has 1 N–H and O–H groups in total. The van der Waals surface area contributed by atoms with Gasteiger partial charge in [-0.1, -0.05) is 35.9 Å². The first kappa shape index (κ1) is 27.5. The molecule has 7 heteroatoms. The van der Waals surface area contributed by atoms with Crippen LogP contribution in [-0.2, 0) is 13.1 Å². The second-order valence-electron chi connectivity index (χ2n) is 10.9. The van der Waals surface area contributed by atoms with Gasteiger partial charge in [-0.15, -0.1) is 0 Å². The highest BCUT2D eigenvalue weighted by molar-refractivity contribution is 6.32. The number of aryl methyl sites for hydroxylation is 1. The predicted molar refractivity (Wildman–Crippen MR) is 161 cm³/mol. The van der Waals surface area contributed by atoms with Gasteiger partial charge in [0.1, 0.15) is 11.9 Å². The number of hydrogen-bond acceptors (Lipinski definition) is 4. The molecule has 6 nitrogen and oxygen atoms in total. The fraction of sp³-hybridized carbons (Fsp3) is 0.406. The first-order valence-corrected chi connectivity index (χ1v) is 14.3. The molecule has 2 heterocycles. The summed E-state index contributed by atoms with van der Waals surface area (Å²) in [6, 6.07) is 21.2. The molecule has 0 aliphatic carbocycles. The molecule has 1 saturated heterocycles. The van der Waals surface area contributed by atoms with E-state index in [-0.39, 0.29) is 18.1 Å². The zero-order chi connectivity index (χ0) is 27.5. The Hall–Kier alpha value is -3.06. The van der Waals surface area contributed by atoms with Crippen molar-refractivity contribution in [2.24, 2.45) is 0 Å². The van der Waals surface area contributed by atoms with E-state index in [1.54, 1.807) is 12.1 Å². The number of hydrogen-bond donors (Lipinski definition) is 1. The Bertz CT molecular complexity index is 1460. The van der Waals surface area contributed by atoms with Gasteiger partial charge < -0.3 is 19.5 Å². The van der Waals surface area contributed by atoms with E-state index >= 15 is 0 Å². The number of benzene rings is 3. The summed E-state index contributed by atoms with van der Waals surface area (Å²) in [5.74, 6) is 0.522. The topological polar surface area (TPSA) is 49.7 Å². The van der Waals surface area contributed by atoms with Gasteiger partial charge in [0.05, 0.1) is 5.02 Å². The predicted octanol–water partition coefficient (Wildman–Crippen LogP) is 6.19. The highest BCUT2D eigenvalue weighted by Gasteiger charge is 2.22. The minimum absolute atomic E-state index is 0.115. The Morgan fingerprint density at radius 1 is 1.05 bits per heavy atom. The molecule has 0 saturated carbocycles. The Morgan fingerprint density at radius 2 is 1.79 bits per heavy atom. The van der Waals surface area contributed by atoms with Crippen molar-refractivity contribution in [3.05, 3.63) is 76.8 Å². The van der Waals surface area contributed by atoms with Crippen LogP contribution in [0.15, 0.2) is 60.7 Å². The van der Waals surface area contributed by atoms with E-state index in [2.05, 4.69) is 76.0 Å². The van der Waals surface area contributed by atoms with Gasteiger partial charge in [-0.3, -0.25) is 9.69 Å². The molecule has 0 spiro atoms. The van der Waals surface area contributed by atoms with Gasteiger partial charge in [0.2, 0.25) is 0 Å². The maximum atomic E-state index is 12.5. The number of nitrogens with one attached hydrogen (secondary N) is 1. The van der Waals surface area contributed by atoms with Crippen LogP contribution in [0.1, 0.15) is 42.6 Å². The lowest BCUT2D eigenvalue weighted by Gasteiger charge is -2.32. The maximum Gasteiger partial charge on any atom is 0.251 e. The molecule has 4 aromatic rings. The van der Waals surface area contributed by atoms with Crippen molar-refractivity contribution in [3.63, 3.8) is 0 Å². The van der Waals surface area contributed by atoms with Gasteiger partial charge in [-0.25, -0.2) is 0 Å². The van der Waals surface area contributed by atoms with Crippen LogP contribution >= 0.6 is 11.6 Å². The minimum atomic E-state index is -0.122. The van der Waals surface area contributed by atoms with Crippen LogP contribution in [0, 0.1) is 0 Å². The monoisotopic (exact) mass is 546 g/mol. The number of carbonyl (C=O) groups is 1. The zero-order valence-corrected chi connectivity index (χ0v) is 24.2. The van der Waals surface area contributed by atoms with Crippen molar-refractivity contribution in [1.29, 1.82) is 0 Å². The van der Waals surface area contributed by atoms with Crippen LogP contribution < -0.4 is 10.1 Å². The number of carbonyl (C=O) groups excluding carboxylic acids is 1. The SMILES string of the molecule is CCn1c2ccccc2c2cc(CN3CCC(Oc4ccc(C(=O)NCC(C)N(C)C)cc4Cl)CC3)ccc21. The van der Waals surface area contributed by atoms with Gasteiger partial charge in [0.15, 0.2) is 0 Å². The second-order valence-corrected chi connectivity index (χ2v) is 11.3. The number of piperidine rings is 1. The van der Waals surface area contributed by atoms with Crippen LogP contribution in [-0.4, -0.2) is 66.1 Å². The van der Waals surface area contributed by atoms with Crippen molar-refractivity contribution in [2.45, 2.75) is 51.9 Å². The highest BCUT2D eigenvalue weighted by Crippen LogP contribution is 2.31. The molecule has 39 heavy (non-hydrogen) atoms. The minimum Gasteiger partial charge on any atom is -0.489 e. The maximum absolute atomic E-state index is 12.5. The molecule has 0 bridgehead atoms. The zero-order valence-electron chi connectivity index (χ0n) is 23.4. The molecule has 1 amide bonds. The van der Waals surface area contributed by atoms with Crippen LogP contribution in [0.4, 0.5) is 0 Å². The number of ether oxygens (including phenoxy) is 1. The number of likely N-dealkylation sites (N-methyl/N-ethyl adjacent to an activating group) is 1. The Balaban J connectivity index is 1.16. The summed E-state index contributed by atoms with van der Waals surface area (Å²) < 4.78 is 8.67. The van der Waals surface area contributed by atoms with Gasteiger partial charge in [-0.05, 0) is 82.7 Å². The number of nitrogens with zero attached hydrogens (tertiary/aromatic N) is 3. The standard InChI is InChI=1S/C32H39ClN4O2/c1-5-37-29-9-7-6-8-26(29)27-18-23(10-12-30(27)37)21-36-16-14-25(15-17-36)39-31-13-11-24(19-28(31)33)32(38)34-20-22(2)35(3)4/h6-13,18-19,22,25H,5,14-17,20-21H2,1-4H3,(H,34,38). The van der Waals surface area contributed by atoms with Crippen LogP contribution in [0.5, 0.6) is 5.75 Å². The summed E-state index contributed by atoms with van der Waals surface area (Å²) in [5.41, 5.74) is 4.50. The summed E-state index contributed by atoms with van der Waals surface area (Å²) in [4.78, 5) is 17.1. The van der Waals surface area contributed by atoms with Crippen molar-refractivity contribution < 1.29 is 9.53 Å². The third-order valence-corrected chi connectivity index (χ3v) is 8.32. The smallest absolute Gasteiger partial charge is 0.251 e. The molecule has 5 rings (SSSR count). The Kier molecular flexibility index (Phi) is 8.46. The van der Waals surface area contributed by atoms with Crippen molar-refractivity contribution >= 4 is 39.3 Å². The summed E-state index contributed by atoms with van der Waals surface area (Å²) in [7, 11) is 3.99.